The Bertz CT molecular complexity index is 498. The van der Waals surface area contributed by atoms with Crippen LogP contribution in [0.1, 0.15) is 5.56 Å². The molecule has 0 aliphatic rings. The second-order valence-corrected chi connectivity index (χ2v) is 5.54. The molecule has 0 saturated carbocycles. The van der Waals surface area contributed by atoms with E-state index in [1.54, 1.807) is 12.1 Å². The van der Waals surface area contributed by atoms with Gasteiger partial charge in [-0.15, -0.1) is 0 Å². The number of aliphatic hydroxyl groups excluding tert-OH is 1. The van der Waals surface area contributed by atoms with Crippen LogP contribution in [0.5, 0.6) is 0 Å². The van der Waals surface area contributed by atoms with Crippen LogP contribution in [0.2, 0.25) is 0 Å². The largest absolute Gasteiger partial charge is 0.395 e. The van der Waals surface area contributed by atoms with Crippen molar-refractivity contribution in [2.24, 2.45) is 0 Å². The normalized spacial score (nSPS) is 11.4. The minimum atomic E-state index is -3.43. The van der Waals surface area contributed by atoms with Gasteiger partial charge in [-0.1, -0.05) is 12.1 Å². The van der Waals surface area contributed by atoms with Crippen LogP contribution in [-0.4, -0.2) is 37.4 Å². The third kappa shape index (κ3) is 4.78. The van der Waals surface area contributed by atoms with E-state index in [-0.39, 0.29) is 18.0 Å². The van der Waals surface area contributed by atoms with Gasteiger partial charge in [0.2, 0.25) is 10.0 Å². The number of sulfonamides is 1. The van der Waals surface area contributed by atoms with E-state index in [0.717, 1.165) is 5.56 Å². The smallest absolute Gasteiger partial charge is 0.269 e. The van der Waals surface area contributed by atoms with Gasteiger partial charge in [-0.25, -0.2) is 13.1 Å². The molecule has 0 unspecified atom stereocenters. The summed E-state index contributed by atoms with van der Waals surface area (Å²) in [5, 5.41) is 18.9. The Balaban J connectivity index is 2.47. The highest BCUT2D eigenvalue weighted by Gasteiger charge is 2.08. The van der Waals surface area contributed by atoms with Gasteiger partial charge in [-0.3, -0.25) is 10.1 Å². The van der Waals surface area contributed by atoms with Crippen LogP contribution in [-0.2, 0) is 16.4 Å². The zero-order chi connectivity index (χ0) is 13.6. The quantitative estimate of drug-likeness (QED) is 0.539. The number of nitro groups is 1. The number of hydrogen-bond donors (Lipinski definition) is 2. The summed E-state index contributed by atoms with van der Waals surface area (Å²) < 4.78 is 24.7. The third-order valence-electron chi connectivity index (χ3n) is 2.24. The van der Waals surface area contributed by atoms with Crippen molar-refractivity contribution >= 4 is 15.7 Å². The number of benzene rings is 1. The van der Waals surface area contributed by atoms with Crippen molar-refractivity contribution in [1.29, 1.82) is 0 Å². The Morgan fingerprint density at radius 3 is 2.39 bits per heavy atom. The number of non-ortho nitro benzene ring substituents is 1. The Morgan fingerprint density at radius 1 is 1.28 bits per heavy atom. The molecule has 0 aromatic heterocycles. The van der Waals surface area contributed by atoms with E-state index in [1.165, 1.54) is 12.1 Å². The van der Waals surface area contributed by atoms with Crippen LogP contribution in [0.4, 0.5) is 5.69 Å². The monoisotopic (exact) mass is 274 g/mol. The van der Waals surface area contributed by atoms with Gasteiger partial charge in [0.1, 0.15) is 0 Å². The van der Waals surface area contributed by atoms with E-state index >= 15 is 0 Å². The first-order valence-corrected chi connectivity index (χ1v) is 6.91. The predicted molar refractivity (Wildman–Crippen MR) is 65.7 cm³/mol. The van der Waals surface area contributed by atoms with E-state index in [0.29, 0.717) is 6.42 Å². The highest BCUT2D eigenvalue weighted by molar-refractivity contribution is 7.89. The van der Waals surface area contributed by atoms with Gasteiger partial charge < -0.3 is 5.11 Å². The fourth-order valence-electron chi connectivity index (χ4n) is 1.33. The molecule has 2 N–H and O–H groups in total. The van der Waals surface area contributed by atoms with E-state index < -0.39 is 21.6 Å². The van der Waals surface area contributed by atoms with Crippen LogP contribution in [0.3, 0.4) is 0 Å². The van der Waals surface area contributed by atoms with Gasteiger partial charge >= 0.3 is 0 Å². The number of nitrogens with one attached hydrogen (secondary N) is 1. The summed E-state index contributed by atoms with van der Waals surface area (Å²) in [6.45, 7) is -0.229. The minimum Gasteiger partial charge on any atom is -0.395 e. The lowest BCUT2D eigenvalue weighted by Gasteiger charge is -2.05. The molecule has 0 aliphatic heterocycles. The summed E-state index contributed by atoms with van der Waals surface area (Å²) in [6.07, 6.45) is 0.433. The van der Waals surface area contributed by atoms with Crippen LogP contribution in [0, 0.1) is 10.1 Å². The molecule has 100 valence electrons. The van der Waals surface area contributed by atoms with Crippen LogP contribution in [0.15, 0.2) is 24.3 Å². The Labute approximate surface area is 105 Å². The summed E-state index contributed by atoms with van der Waals surface area (Å²) in [4.78, 5) is 9.93. The summed E-state index contributed by atoms with van der Waals surface area (Å²) in [6, 6.07) is 5.91. The lowest BCUT2D eigenvalue weighted by molar-refractivity contribution is -0.384. The maximum absolute atomic E-state index is 11.2. The topological polar surface area (TPSA) is 110 Å². The molecule has 18 heavy (non-hydrogen) atoms. The first-order chi connectivity index (χ1) is 8.44. The van der Waals surface area contributed by atoms with Crippen LogP contribution >= 0.6 is 0 Å². The number of aliphatic hydroxyl groups is 1. The standard InChI is InChI=1S/C10H14N2O5S/c13-7-8-18(16,17)11-6-5-9-1-3-10(4-2-9)12(14)15/h1-4,11,13H,5-8H2. The summed E-state index contributed by atoms with van der Waals surface area (Å²) in [7, 11) is -3.43. The SMILES string of the molecule is O=[N+]([O-])c1ccc(CCNS(=O)(=O)CCO)cc1. The highest BCUT2D eigenvalue weighted by Crippen LogP contribution is 2.11. The van der Waals surface area contributed by atoms with Gasteiger partial charge in [0.25, 0.3) is 5.69 Å². The predicted octanol–water partition coefficient (Wildman–Crippen LogP) is 0.0490. The van der Waals surface area contributed by atoms with Crippen molar-refractivity contribution in [3.05, 3.63) is 39.9 Å². The summed E-state index contributed by atoms with van der Waals surface area (Å²) in [5.74, 6) is -0.326. The zero-order valence-electron chi connectivity index (χ0n) is 9.57. The molecular formula is C10H14N2O5S. The lowest BCUT2D eigenvalue weighted by Crippen LogP contribution is -2.29. The molecule has 8 heteroatoms. The second-order valence-electron chi connectivity index (χ2n) is 3.61. The number of nitrogens with zero attached hydrogens (tertiary/aromatic N) is 1. The minimum absolute atomic E-state index is 0.000360. The van der Waals surface area contributed by atoms with E-state index in [4.69, 9.17) is 5.11 Å². The molecule has 0 spiro atoms. The zero-order valence-corrected chi connectivity index (χ0v) is 10.4. The molecule has 0 aliphatic carbocycles. The molecule has 0 heterocycles. The van der Waals surface area contributed by atoms with Gasteiger partial charge in [-0.2, -0.15) is 0 Å². The summed E-state index contributed by atoms with van der Waals surface area (Å²) in [5.41, 5.74) is 0.798. The van der Waals surface area contributed by atoms with Crippen molar-refractivity contribution in [3.8, 4) is 0 Å². The molecule has 0 atom stereocenters. The van der Waals surface area contributed by atoms with Crippen molar-refractivity contribution in [1.82, 2.24) is 4.72 Å². The van der Waals surface area contributed by atoms with E-state index in [2.05, 4.69) is 4.72 Å². The Kier molecular flexibility index (Phi) is 5.20. The lowest BCUT2D eigenvalue weighted by atomic mass is 10.1. The van der Waals surface area contributed by atoms with Gasteiger partial charge in [0.05, 0.1) is 17.3 Å². The van der Waals surface area contributed by atoms with Crippen LogP contribution < -0.4 is 4.72 Å². The average Bonchev–Trinajstić information content (AvgIpc) is 2.29. The molecule has 7 nitrogen and oxygen atoms in total. The van der Waals surface area contributed by atoms with E-state index in [1.807, 2.05) is 0 Å². The molecule has 0 saturated heterocycles. The van der Waals surface area contributed by atoms with Gasteiger partial charge in [-0.05, 0) is 12.0 Å². The fraction of sp³-hybridized carbons (Fsp3) is 0.400. The molecule has 1 aromatic carbocycles. The van der Waals surface area contributed by atoms with Crippen molar-refractivity contribution in [2.75, 3.05) is 18.9 Å². The number of hydrogen-bond acceptors (Lipinski definition) is 5. The molecule has 0 radical (unpaired) electrons. The number of rotatable bonds is 7. The second kappa shape index (κ2) is 6.43. The highest BCUT2D eigenvalue weighted by atomic mass is 32.2. The Morgan fingerprint density at radius 2 is 1.89 bits per heavy atom. The maximum Gasteiger partial charge on any atom is 0.269 e. The molecule has 1 rings (SSSR count). The molecule has 0 bridgehead atoms. The fourth-order valence-corrected chi connectivity index (χ4v) is 2.13. The van der Waals surface area contributed by atoms with Crippen molar-refractivity contribution in [2.45, 2.75) is 6.42 Å². The van der Waals surface area contributed by atoms with Gasteiger partial charge in [0.15, 0.2) is 0 Å². The average molecular weight is 274 g/mol. The molecular weight excluding hydrogens is 260 g/mol. The van der Waals surface area contributed by atoms with Crippen molar-refractivity contribution in [3.63, 3.8) is 0 Å². The molecule has 1 aromatic rings. The molecule has 0 fully saturated rings. The first-order valence-electron chi connectivity index (χ1n) is 5.26. The number of nitro benzene ring substituents is 1. The Hall–Kier alpha value is -1.51. The van der Waals surface area contributed by atoms with Gasteiger partial charge in [0, 0.05) is 18.7 Å². The first kappa shape index (κ1) is 14.6. The summed E-state index contributed by atoms with van der Waals surface area (Å²) >= 11 is 0. The van der Waals surface area contributed by atoms with E-state index in [9.17, 15) is 18.5 Å². The van der Waals surface area contributed by atoms with Crippen LogP contribution in [0.25, 0.3) is 0 Å². The van der Waals surface area contributed by atoms with Crippen molar-refractivity contribution < 1.29 is 18.4 Å². The molecule has 0 amide bonds. The third-order valence-corrected chi connectivity index (χ3v) is 3.61. The maximum atomic E-state index is 11.2.